The highest BCUT2D eigenvalue weighted by Crippen LogP contribution is 2.16. The number of anilines is 1. The molecule has 2 N–H and O–H groups in total. The summed E-state index contributed by atoms with van der Waals surface area (Å²) in [4.78, 5) is 18.9. The number of aliphatic imine (C=N–C) groups is 1. The molecule has 0 amide bonds. The van der Waals surface area contributed by atoms with Gasteiger partial charge in [0.1, 0.15) is 12.4 Å². The van der Waals surface area contributed by atoms with Crippen LogP contribution in [-0.4, -0.2) is 78.1 Å². The van der Waals surface area contributed by atoms with Gasteiger partial charge in [-0.1, -0.05) is 23.1 Å². The van der Waals surface area contributed by atoms with E-state index in [-0.39, 0.29) is 51.3 Å². The number of benzene rings is 1. The maximum atomic E-state index is 11.8. The second kappa shape index (κ2) is 29.6. The van der Waals surface area contributed by atoms with Crippen molar-refractivity contribution in [2.45, 2.75) is 32.4 Å². The molecular weight excluding hydrogens is 679 g/mol. The molecule has 1 heterocycles. The van der Waals surface area contributed by atoms with Crippen LogP contribution in [0, 0.1) is 11.5 Å². The number of nitrogens with one attached hydrogen (secondary N) is 2. The average Bonchev–Trinajstić information content (AvgIpc) is 3.05. The molecule has 0 radical (unpaired) electrons. The largest absolute Gasteiger partial charge is 1.00 e. The maximum Gasteiger partial charge on any atom is 0.513 e. The van der Waals surface area contributed by atoms with E-state index in [2.05, 4.69) is 25.7 Å². The van der Waals surface area contributed by atoms with Crippen LogP contribution in [0.3, 0.4) is 0 Å². The third kappa shape index (κ3) is 23.3. The van der Waals surface area contributed by atoms with Gasteiger partial charge in [-0.15, -0.1) is 12.4 Å². The van der Waals surface area contributed by atoms with Crippen LogP contribution in [0.4, 0.5) is 10.5 Å². The van der Waals surface area contributed by atoms with Crippen molar-refractivity contribution in [2.75, 3.05) is 71.3 Å². The lowest BCUT2D eigenvalue weighted by Crippen LogP contribution is -3.00. The van der Waals surface area contributed by atoms with Gasteiger partial charge in [-0.3, -0.25) is 10.3 Å². The Kier molecular flexibility index (Phi) is 27.3. The zero-order valence-corrected chi connectivity index (χ0v) is 28.3. The second-order valence-electron chi connectivity index (χ2n) is 9.07. The lowest BCUT2D eigenvalue weighted by Gasteiger charge is -2.08. The summed E-state index contributed by atoms with van der Waals surface area (Å²) in [6, 6.07) is 10.8. The van der Waals surface area contributed by atoms with Crippen molar-refractivity contribution >= 4 is 41.8 Å². The van der Waals surface area contributed by atoms with Crippen LogP contribution >= 0.6 is 24.0 Å². The first-order valence-electron chi connectivity index (χ1n) is 14.5. The van der Waals surface area contributed by atoms with Crippen molar-refractivity contribution in [3.63, 3.8) is 0 Å². The second-order valence-corrected chi connectivity index (χ2v) is 9.51. The standard InChI is InChI=1S/C29H39ClN8O7.2ClH/c30-25-5-7-27(8-6-25)43-15-4-2-1-3-11-33-28(34-23-31)36-26-9-13-38(14-10-26)24-45-29(39)44-22-21-42-20-19-41-18-17-40-16-12-35-37-32;;/h5-10,13-14H,1-4,11-12,15-22,24H2,(H,33,34);2*1H. The van der Waals surface area contributed by atoms with E-state index in [1.54, 1.807) is 41.2 Å². The number of pyridine rings is 1. The van der Waals surface area contributed by atoms with Crippen LogP contribution in [-0.2, 0) is 30.4 Å². The van der Waals surface area contributed by atoms with Crippen LogP contribution < -0.4 is 32.3 Å². The smallest absolute Gasteiger partial charge is 0.513 e. The van der Waals surface area contributed by atoms with Gasteiger partial charge < -0.3 is 46.1 Å². The van der Waals surface area contributed by atoms with Crippen molar-refractivity contribution in [2.24, 2.45) is 10.1 Å². The van der Waals surface area contributed by atoms with Gasteiger partial charge in [0.25, 0.3) is 6.73 Å². The molecular formula is C29H41Cl3N8O7. The van der Waals surface area contributed by atoms with Crippen LogP contribution in [0.2, 0.25) is 5.02 Å². The zero-order valence-electron chi connectivity index (χ0n) is 25.9. The molecule has 260 valence electrons. The van der Waals surface area contributed by atoms with Gasteiger partial charge in [0.05, 0.1) is 51.9 Å². The summed E-state index contributed by atoms with van der Waals surface area (Å²) in [6.45, 7) is 3.55. The molecule has 0 aliphatic carbocycles. The van der Waals surface area contributed by atoms with Crippen molar-refractivity contribution < 1.29 is 50.2 Å². The maximum absolute atomic E-state index is 11.8. The lowest BCUT2D eigenvalue weighted by molar-refractivity contribution is -0.727. The summed E-state index contributed by atoms with van der Waals surface area (Å²) in [6.07, 6.45) is 8.30. The highest BCUT2D eigenvalue weighted by atomic mass is 35.5. The summed E-state index contributed by atoms with van der Waals surface area (Å²) in [5.41, 5.74) is 8.85. The molecule has 0 saturated heterocycles. The molecule has 0 bridgehead atoms. The van der Waals surface area contributed by atoms with E-state index in [0.717, 1.165) is 31.4 Å². The number of aromatic nitrogens is 1. The molecule has 15 nitrogen and oxygen atoms in total. The van der Waals surface area contributed by atoms with Crippen LogP contribution in [0.1, 0.15) is 25.7 Å². The lowest BCUT2D eigenvalue weighted by atomic mass is 10.2. The number of hydrogen-bond acceptors (Lipinski definition) is 10. The fourth-order valence-electron chi connectivity index (χ4n) is 3.45. The van der Waals surface area contributed by atoms with E-state index in [1.165, 1.54) is 0 Å². The third-order valence-corrected chi connectivity index (χ3v) is 5.91. The fraction of sp³-hybridized carbons (Fsp3) is 0.517. The van der Waals surface area contributed by atoms with Crippen LogP contribution in [0.5, 0.6) is 5.75 Å². The van der Waals surface area contributed by atoms with E-state index in [0.29, 0.717) is 62.9 Å². The summed E-state index contributed by atoms with van der Waals surface area (Å²) in [5, 5.41) is 18.7. The first-order chi connectivity index (χ1) is 22.1. The molecule has 0 fully saturated rings. The number of guanidine groups is 1. The van der Waals surface area contributed by atoms with Crippen molar-refractivity contribution in [3.8, 4) is 11.9 Å². The summed E-state index contributed by atoms with van der Waals surface area (Å²) in [5.74, 6) is 1.16. The minimum Gasteiger partial charge on any atom is -1.00 e. The number of nitriles is 1. The van der Waals surface area contributed by atoms with E-state index < -0.39 is 6.16 Å². The third-order valence-electron chi connectivity index (χ3n) is 5.65. The van der Waals surface area contributed by atoms with Gasteiger partial charge in [0.15, 0.2) is 18.6 Å². The number of carbonyl (C=O) groups excluding carboxylic acids is 1. The van der Waals surface area contributed by atoms with Gasteiger partial charge in [-0.25, -0.2) is 4.79 Å². The average molecular weight is 720 g/mol. The number of halogens is 3. The van der Waals surface area contributed by atoms with E-state index >= 15 is 0 Å². The molecule has 0 aliphatic rings. The Morgan fingerprint density at radius 3 is 2.17 bits per heavy atom. The fourth-order valence-corrected chi connectivity index (χ4v) is 3.58. The van der Waals surface area contributed by atoms with Crippen molar-refractivity contribution in [1.82, 2.24) is 5.32 Å². The molecule has 1 aromatic carbocycles. The van der Waals surface area contributed by atoms with Crippen molar-refractivity contribution in [3.05, 3.63) is 64.3 Å². The first-order valence-corrected chi connectivity index (χ1v) is 14.9. The predicted octanol–water partition coefficient (Wildman–Crippen LogP) is 2.00. The molecule has 1 aromatic heterocycles. The number of nitrogens with zero attached hydrogens (tertiary/aromatic N) is 6. The Morgan fingerprint density at radius 1 is 0.872 bits per heavy atom. The first kappa shape index (κ1) is 43.3. The highest BCUT2D eigenvalue weighted by Gasteiger charge is 2.09. The number of carbonyl (C=O) groups is 1. The van der Waals surface area contributed by atoms with E-state index in [9.17, 15) is 4.79 Å². The molecule has 0 unspecified atom stereocenters. The molecule has 0 saturated carbocycles. The molecule has 47 heavy (non-hydrogen) atoms. The zero-order chi connectivity index (χ0) is 32.2. The Hall–Kier alpha value is -3.74. The Bertz CT molecular complexity index is 1220. The number of azide groups is 1. The van der Waals surface area contributed by atoms with E-state index in [1.807, 2.05) is 18.3 Å². The van der Waals surface area contributed by atoms with Crippen molar-refractivity contribution in [1.29, 1.82) is 5.26 Å². The topological polar surface area (TPSA) is 185 Å². The Balaban J connectivity index is 0.0000106. The summed E-state index contributed by atoms with van der Waals surface area (Å²) >= 11 is 5.88. The monoisotopic (exact) mass is 718 g/mol. The number of hydrogen-bond donors (Lipinski definition) is 2. The molecule has 0 spiro atoms. The molecule has 2 rings (SSSR count). The molecule has 2 aromatic rings. The molecule has 0 aliphatic heterocycles. The Labute approximate surface area is 291 Å². The minimum atomic E-state index is -0.816. The predicted molar refractivity (Wildman–Crippen MR) is 173 cm³/mol. The molecule has 0 atom stereocenters. The summed E-state index contributed by atoms with van der Waals surface area (Å²) in [7, 11) is 0. The number of unbranched alkanes of at least 4 members (excludes halogenated alkanes) is 3. The summed E-state index contributed by atoms with van der Waals surface area (Å²) < 4.78 is 33.3. The minimum absolute atomic E-state index is 0. The van der Waals surface area contributed by atoms with Gasteiger partial charge in [0, 0.05) is 35.2 Å². The van der Waals surface area contributed by atoms with Crippen LogP contribution in [0.25, 0.3) is 10.4 Å². The van der Waals surface area contributed by atoms with Gasteiger partial charge in [-0.2, -0.15) is 9.83 Å². The quantitative estimate of drug-likeness (QED) is 0.0165. The SMILES string of the molecule is Cl.N#CNC(=NCCCCCCOc1ccc(Cl)cc1)Nc1cc[n+](COC(=O)OCCOCCOCCOCCN=[N+]=[N-])cc1.[Cl-]. The van der Waals surface area contributed by atoms with Gasteiger partial charge >= 0.3 is 6.16 Å². The highest BCUT2D eigenvalue weighted by molar-refractivity contribution is 6.30. The van der Waals surface area contributed by atoms with Crippen LogP contribution in [0.15, 0.2) is 58.9 Å². The number of rotatable bonds is 23. The van der Waals surface area contributed by atoms with Gasteiger partial charge in [0.2, 0.25) is 5.96 Å². The number of ether oxygens (including phenoxy) is 6. The van der Waals surface area contributed by atoms with E-state index in [4.69, 9.17) is 50.8 Å². The van der Waals surface area contributed by atoms with Gasteiger partial charge in [-0.05, 0) is 49.1 Å². The molecule has 18 heteroatoms. The normalized spacial score (nSPS) is 10.3. The Morgan fingerprint density at radius 2 is 1.51 bits per heavy atom.